The third kappa shape index (κ3) is 1.29. The molecule has 62 valence electrons. The monoisotopic (exact) mass is 165 g/mol. The van der Waals surface area contributed by atoms with E-state index in [9.17, 15) is 10.1 Å². The van der Waals surface area contributed by atoms with Gasteiger partial charge in [-0.2, -0.15) is 0 Å². The van der Waals surface area contributed by atoms with E-state index in [4.69, 9.17) is 4.74 Å². The van der Waals surface area contributed by atoms with Gasteiger partial charge in [0.15, 0.2) is 0 Å². The van der Waals surface area contributed by atoms with Crippen molar-refractivity contribution in [1.29, 1.82) is 0 Å². The van der Waals surface area contributed by atoms with E-state index in [1.54, 1.807) is 12.1 Å². The molecule has 1 saturated heterocycles. The third-order valence-corrected chi connectivity index (χ3v) is 1.79. The summed E-state index contributed by atoms with van der Waals surface area (Å²) in [5.41, 5.74) is 1.02. The average Bonchev–Trinajstić information content (AvgIpc) is 2.87. The fourth-order valence-corrected chi connectivity index (χ4v) is 1.08. The molecule has 0 N–H and O–H groups in total. The molecular weight excluding hydrogens is 158 g/mol. The molecule has 0 saturated carbocycles. The molecule has 1 heterocycles. The Morgan fingerprint density at radius 1 is 1.58 bits per heavy atom. The van der Waals surface area contributed by atoms with Crippen molar-refractivity contribution in [1.82, 2.24) is 0 Å². The first-order valence-electron chi connectivity index (χ1n) is 3.63. The Labute approximate surface area is 68.9 Å². The summed E-state index contributed by atoms with van der Waals surface area (Å²) in [7, 11) is 0. The summed E-state index contributed by atoms with van der Waals surface area (Å²) in [5.74, 6) is 0. The van der Waals surface area contributed by atoms with Crippen molar-refractivity contribution in [3.05, 3.63) is 39.9 Å². The van der Waals surface area contributed by atoms with E-state index in [0.717, 1.165) is 5.56 Å². The molecule has 12 heavy (non-hydrogen) atoms. The molecule has 1 aliphatic rings. The van der Waals surface area contributed by atoms with E-state index < -0.39 is 4.92 Å². The normalized spacial score (nSPS) is 20.5. The second-order valence-electron chi connectivity index (χ2n) is 2.67. The predicted octanol–water partition coefficient (Wildman–Crippen LogP) is 1.67. The van der Waals surface area contributed by atoms with Crippen LogP contribution in [0, 0.1) is 10.1 Å². The number of rotatable bonds is 2. The van der Waals surface area contributed by atoms with Crippen LogP contribution in [0.25, 0.3) is 0 Å². The molecule has 0 bridgehead atoms. The summed E-state index contributed by atoms with van der Waals surface area (Å²) in [6.07, 6.45) is 0.0879. The second-order valence-corrected chi connectivity index (χ2v) is 2.67. The van der Waals surface area contributed by atoms with Crippen LogP contribution in [0.15, 0.2) is 24.3 Å². The lowest BCUT2D eigenvalue weighted by Gasteiger charge is -1.94. The van der Waals surface area contributed by atoms with Crippen molar-refractivity contribution in [2.45, 2.75) is 6.10 Å². The molecule has 1 aromatic rings. The van der Waals surface area contributed by atoms with Gasteiger partial charge in [-0.3, -0.25) is 10.1 Å². The lowest BCUT2D eigenvalue weighted by atomic mass is 10.1. The molecule has 0 aliphatic carbocycles. The molecule has 1 aromatic carbocycles. The van der Waals surface area contributed by atoms with Crippen LogP contribution in [0.3, 0.4) is 0 Å². The SMILES string of the molecule is O=[N+]([O-])c1cccc([C@@H]2CO2)c1. The lowest BCUT2D eigenvalue weighted by molar-refractivity contribution is -0.384. The lowest BCUT2D eigenvalue weighted by Crippen LogP contribution is -1.89. The number of non-ortho nitro benzene ring substituents is 1. The first kappa shape index (κ1) is 7.24. The zero-order valence-electron chi connectivity index (χ0n) is 6.27. The van der Waals surface area contributed by atoms with Gasteiger partial charge in [0, 0.05) is 12.1 Å². The highest BCUT2D eigenvalue weighted by atomic mass is 16.6. The van der Waals surface area contributed by atoms with Gasteiger partial charge in [-0.15, -0.1) is 0 Å². The number of epoxide rings is 1. The van der Waals surface area contributed by atoms with Crippen LogP contribution in [-0.4, -0.2) is 11.5 Å². The third-order valence-electron chi connectivity index (χ3n) is 1.79. The Bertz CT molecular complexity index is 320. The van der Waals surface area contributed by atoms with Gasteiger partial charge in [0.1, 0.15) is 6.10 Å². The van der Waals surface area contributed by atoms with E-state index in [1.807, 2.05) is 6.07 Å². The zero-order valence-corrected chi connectivity index (χ0v) is 6.27. The van der Waals surface area contributed by atoms with Gasteiger partial charge in [-0.1, -0.05) is 12.1 Å². The number of nitrogens with zero attached hydrogens (tertiary/aromatic N) is 1. The van der Waals surface area contributed by atoms with Crippen LogP contribution >= 0.6 is 0 Å². The van der Waals surface area contributed by atoms with Crippen LogP contribution in [0.4, 0.5) is 5.69 Å². The summed E-state index contributed by atoms with van der Waals surface area (Å²) >= 11 is 0. The van der Waals surface area contributed by atoms with Crippen molar-refractivity contribution in [2.24, 2.45) is 0 Å². The van der Waals surface area contributed by atoms with Gasteiger partial charge in [0.2, 0.25) is 0 Å². The van der Waals surface area contributed by atoms with E-state index in [2.05, 4.69) is 0 Å². The van der Waals surface area contributed by atoms with Gasteiger partial charge >= 0.3 is 0 Å². The van der Waals surface area contributed by atoms with Crippen molar-refractivity contribution in [3.63, 3.8) is 0 Å². The first-order chi connectivity index (χ1) is 5.77. The summed E-state index contributed by atoms with van der Waals surface area (Å²) < 4.78 is 5.01. The Morgan fingerprint density at radius 2 is 2.33 bits per heavy atom. The number of ether oxygens (including phenoxy) is 1. The van der Waals surface area contributed by atoms with Crippen molar-refractivity contribution in [2.75, 3.05) is 6.61 Å². The van der Waals surface area contributed by atoms with Crippen molar-refractivity contribution >= 4 is 5.69 Å². The average molecular weight is 165 g/mol. The van der Waals surface area contributed by atoms with Gasteiger partial charge in [-0.05, 0) is 5.56 Å². The van der Waals surface area contributed by atoms with Gasteiger partial charge in [0.25, 0.3) is 5.69 Å². The van der Waals surface area contributed by atoms with Crippen LogP contribution in [0.5, 0.6) is 0 Å². The quantitative estimate of drug-likeness (QED) is 0.380. The van der Waals surface area contributed by atoms with E-state index in [0.29, 0.717) is 6.61 Å². The minimum absolute atomic E-state index is 0.0879. The number of hydrogen-bond donors (Lipinski definition) is 0. The van der Waals surface area contributed by atoms with Gasteiger partial charge in [0.05, 0.1) is 11.5 Å². The summed E-state index contributed by atoms with van der Waals surface area (Å²) in [6.45, 7) is 0.682. The topological polar surface area (TPSA) is 55.7 Å². The molecule has 1 fully saturated rings. The Morgan fingerprint density at radius 3 is 2.92 bits per heavy atom. The van der Waals surface area contributed by atoms with Crippen LogP contribution in [-0.2, 0) is 4.74 Å². The molecule has 4 heteroatoms. The Kier molecular flexibility index (Phi) is 1.55. The first-order valence-corrected chi connectivity index (χ1v) is 3.63. The second kappa shape index (κ2) is 2.57. The standard InChI is InChI=1S/C8H7NO3/c10-9(11)7-3-1-2-6(4-7)8-5-12-8/h1-4,8H,5H2/t8-/m0/s1. The molecule has 0 radical (unpaired) electrons. The number of benzene rings is 1. The summed E-state index contributed by atoms with van der Waals surface area (Å²) in [5, 5.41) is 10.4. The van der Waals surface area contributed by atoms with Crippen molar-refractivity contribution in [3.8, 4) is 0 Å². The van der Waals surface area contributed by atoms with E-state index >= 15 is 0 Å². The highest BCUT2D eigenvalue weighted by Gasteiger charge is 2.25. The van der Waals surface area contributed by atoms with Crippen LogP contribution in [0.1, 0.15) is 11.7 Å². The maximum absolute atomic E-state index is 10.4. The maximum Gasteiger partial charge on any atom is 0.269 e. The molecule has 2 rings (SSSR count). The fourth-order valence-electron chi connectivity index (χ4n) is 1.08. The van der Waals surface area contributed by atoms with Gasteiger partial charge < -0.3 is 4.74 Å². The zero-order chi connectivity index (χ0) is 8.55. The highest BCUT2D eigenvalue weighted by Crippen LogP contribution is 2.31. The molecule has 0 spiro atoms. The molecule has 1 aliphatic heterocycles. The van der Waals surface area contributed by atoms with Crippen LogP contribution in [0.2, 0.25) is 0 Å². The summed E-state index contributed by atoms with van der Waals surface area (Å²) in [6, 6.07) is 6.54. The molecule has 0 amide bonds. The predicted molar refractivity (Wildman–Crippen MR) is 41.8 cm³/mol. The minimum Gasteiger partial charge on any atom is -0.368 e. The van der Waals surface area contributed by atoms with Crippen molar-refractivity contribution < 1.29 is 9.66 Å². The number of nitro benzene ring substituents is 1. The number of hydrogen-bond acceptors (Lipinski definition) is 3. The molecule has 0 unspecified atom stereocenters. The van der Waals surface area contributed by atoms with Gasteiger partial charge in [-0.25, -0.2) is 0 Å². The van der Waals surface area contributed by atoms with E-state index in [1.165, 1.54) is 6.07 Å². The molecule has 0 aromatic heterocycles. The Hall–Kier alpha value is -1.42. The number of nitro groups is 1. The van der Waals surface area contributed by atoms with Crippen LogP contribution < -0.4 is 0 Å². The Balaban J connectivity index is 2.32. The fraction of sp³-hybridized carbons (Fsp3) is 0.250. The molecule has 1 atom stereocenters. The minimum atomic E-state index is -0.397. The molecular formula is C8H7NO3. The highest BCUT2D eigenvalue weighted by molar-refractivity contribution is 5.36. The molecule has 4 nitrogen and oxygen atoms in total. The largest absolute Gasteiger partial charge is 0.368 e. The van der Waals surface area contributed by atoms with E-state index in [-0.39, 0.29) is 11.8 Å². The summed E-state index contributed by atoms with van der Waals surface area (Å²) in [4.78, 5) is 9.96. The maximum atomic E-state index is 10.4. The smallest absolute Gasteiger partial charge is 0.269 e.